The first kappa shape index (κ1) is 15.5. The van der Waals surface area contributed by atoms with Crippen molar-refractivity contribution in [2.24, 2.45) is 11.8 Å². The summed E-state index contributed by atoms with van der Waals surface area (Å²) in [5, 5.41) is 9.49. The fraction of sp³-hybridized carbons (Fsp3) is 0.471. The quantitative estimate of drug-likeness (QED) is 0.894. The lowest BCUT2D eigenvalue weighted by Crippen LogP contribution is -2.36. The van der Waals surface area contributed by atoms with Gasteiger partial charge in [-0.3, -0.25) is 14.4 Å². The van der Waals surface area contributed by atoms with Crippen LogP contribution in [0.15, 0.2) is 30.3 Å². The van der Waals surface area contributed by atoms with Crippen LogP contribution in [-0.4, -0.2) is 59.4 Å². The Morgan fingerprint density at radius 3 is 2.39 bits per heavy atom. The molecule has 2 heterocycles. The van der Waals surface area contributed by atoms with Gasteiger partial charge in [0.25, 0.3) is 0 Å². The van der Waals surface area contributed by atoms with Crippen LogP contribution in [0.25, 0.3) is 0 Å². The van der Waals surface area contributed by atoms with Gasteiger partial charge in [0.1, 0.15) is 0 Å². The van der Waals surface area contributed by atoms with Gasteiger partial charge in [0.05, 0.1) is 11.8 Å². The summed E-state index contributed by atoms with van der Waals surface area (Å²) < 4.78 is 0. The first-order valence-electron chi connectivity index (χ1n) is 7.78. The monoisotopic (exact) mass is 316 g/mol. The van der Waals surface area contributed by atoms with E-state index in [9.17, 15) is 19.5 Å². The van der Waals surface area contributed by atoms with Gasteiger partial charge in [-0.25, -0.2) is 0 Å². The second kappa shape index (κ2) is 6.02. The minimum absolute atomic E-state index is 0.0306. The van der Waals surface area contributed by atoms with Crippen molar-refractivity contribution in [3.05, 3.63) is 35.9 Å². The molecule has 2 fully saturated rings. The Morgan fingerprint density at radius 1 is 1.13 bits per heavy atom. The standard InChI is InChI=1S/C17H20N2O4/c1-18-8-12(7-15(18)20)16(21)19-9-13(14(10-19)17(22)23)11-5-3-2-4-6-11/h2-6,12-14H,7-10H2,1H3,(H,22,23)/t12?,13-,14+/m1/s1. The van der Waals surface area contributed by atoms with Crippen LogP contribution in [0.2, 0.25) is 0 Å². The van der Waals surface area contributed by atoms with E-state index >= 15 is 0 Å². The summed E-state index contributed by atoms with van der Waals surface area (Å²) >= 11 is 0. The van der Waals surface area contributed by atoms with E-state index in [4.69, 9.17) is 0 Å². The van der Waals surface area contributed by atoms with Crippen LogP contribution in [0.3, 0.4) is 0 Å². The molecule has 0 bridgehead atoms. The first-order valence-corrected chi connectivity index (χ1v) is 7.78. The van der Waals surface area contributed by atoms with E-state index in [1.807, 2.05) is 30.3 Å². The van der Waals surface area contributed by atoms with Gasteiger partial charge in [-0.2, -0.15) is 0 Å². The molecule has 1 unspecified atom stereocenters. The van der Waals surface area contributed by atoms with E-state index in [0.717, 1.165) is 5.56 Å². The minimum Gasteiger partial charge on any atom is -0.481 e. The van der Waals surface area contributed by atoms with Crippen LogP contribution in [0, 0.1) is 11.8 Å². The van der Waals surface area contributed by atoms with Gasteiger partial charge < -0.3 is 14.9 Å². The highest BCUT2D eigenvalue weighted by atomic mass is 16.4. The lowest BCUT2D eigenvalue weighted by molar-refractivity contribution is -0.142. The zero-order chi connectivity index (χ0) is 16.6. The molecule has 0 aliphatic carbocycles. The van der Waals surface area contributed by atoms with Crippen molar-refractivity contribution in [2.75, 3.05) is 26.7 Å². The molecular weight excluding hydrogens is 296 g/mol. The SMILES string of the molecule is CN1CC(C(=O)N2C[C@H](C(=O)O)[C@@H](c3ccccc3)C2)CC1=O. The molecule has 0 spiro atoms. The third kappa shape index (κ3) is 2.93. The topological polar surface area (TPSA) is 77.9 Å². The van der Waals surface area contributed by atoms with Gasteiger partial charge in [0, 0.05) is 39.0 Å². The van der Waals surface area contributed by atoms with Crippen LogP contribution in [0.4, 0.5) is 0 Å². The second-order valence-corrected chi connectivity index (χ2v) is 6.38. The summed E-state index contributed by atoms with van der Waals surface area (Å²) in [4.78, 5) is 39.0. The molecule has 6 nitrogen and oxygen atoms in total. The van der Waals surface area contributed by atoms with Crippen LogP contribution in [-0.2, 0) is 14.4 Å². The molecule has 1 N–H and O–H groups in total. The van der Waals surface area contributed by atoms with Crippen molar-refractivity contribution < 1.29 is 19.5 Å². The molecular formula is C17H20N2O4. The fourth-order valence-corrected chi connectivity index (χ4v) is 3.56. The summed E-state index contributed by atoms with van der Waals surface area (Å²) in [5.74, 6) is -2.17. The maximum atomic E-state index is 12.6. The van der Waals surface area contributed by atoms with Crippen LogP contribution in [0.1, 0.15) is 17.9 Å². The molecule has 2 amide bonds. The highest BCUT2D eigenvalue weighted by Gasteiger charge is 2.43. The highest BCUT2D eigenvalue weighted by molar-refractivity contribution is 5.89. The highest BCUT2D eigenvalue weighted by Crippen LogP contribution is 2.34. The Labute approximate surface area is 134 Å². The summed E-state index contributed by atoms with van der Waals surface area (Å²) in [7, 11) is 1.69. The predicted octanol–water partition coefficient (Wildman–Crippen LogP) is 0.791. The number of benzene rings is 1. The summed E-state index contributed by atoms with van der Waals surface area (Å²) in [6.45, 7) is 1.03. The van der Waals surface area contributed by atoms with E-state index in [1.165, 1.54) is 0 Å². The zero-order valence-corrected chi connectivity index (χ0v) is 13.0. The van der Waals surface area contributed by atoms with Gasteiger partial charge in [-0.15, -0.1) is 0 Å². The number of aliphatic carboxylic acids is 1. The Hall–Kier alpha value is -2.37. The van der Waals surface area contributed by atoms with Crippen LogP contribution < -0.4 is 0 Å². The first-order chi connectivity index (χ1) is 11.0. The molecule has 1 aromatic rings. The number of hydrogen-bond donors (Lipinski definition) is 1. The van der Waals surface area contributed by atoms with E-state index < -0.39 is 11.9 Å². The molecule has 6 heteroatoms. The maximum absolute atomic E-state index is 12.6. The van der Waals surface area contributed by atoms with E-state index in [2.05, 4.69) is 0 Å². The van der Waals surface area contributed by atoms with Gasteiger partial charge >= 0.3 is 5.97 Å². The molecule has 122 valence electrons. The van der Waals surface area contributed by atoms with Gasteiger partial charge in [0.2, 0.25) is 11.8 Å². The summed E-state index contributed by atoms with van der Waals surface area (Å²) in [5.41, 5.74) is 0.940. The molecule has 2 aliphatic rings. The lowest BCUT2D eigenvalue weighted by Gasteiger charge is -2.20. The average Bonchev–Trinajstić information content (AvgIpc) is 3.12. The number of amides is 2. The number of rotatable bonds is 3. The normalized spacial score (nSPS) is 27.5. The van der Waals surface area contributed by atoms with Crippen molar-refractivity contribution in [1.82, 2.24) is 9.80 Å². The second-order valence-electron chi connectivity index (χ2n) is 6.38. The molecule has 2 saturated heterocycles. The number of nitrogens with zero attached hydrogens (tertiary/aromatic N) is 2. The van der Waals surface area contributed by atoms with Crippen molar-refractivity contribution in [3.8, 4) is 0 Å². The fourth-order valence-electron chi connectivity index (χ4n) is 3.56. The molecule has 0 saturated carbocycles. The molecule has 0 aromatic heterocycles. The molecule has 2 aliphatic heterocycles. The molecule has 3 atom stereocenters. The molecule has 3 rings (SSSR count). The van der Waals surface area contributed by atoms with Gasteiger partial charge in [-0.05, 0) is 5.56 Å². The largest absolute Gasteiger partial charge is 0.481 e. The maximum Gasteiger partial charge on any atom is 0.308 e. The van der Waals surface area contributed by atoms with Crippen LogP contribution in [0.5, 0.6) is 0 Å². The zero-order valence-electron chi connectivity index (χ0n) is 13.0. The summed E-state index contributed by atoms with van der Waals surface area (Å²) in [6, 6.07) is 9.45. The Kier molecular flexibility index (Phi) is 4.07. The number of carboxylic acids is 1. The van der Waals surface area contributed by atoms with Crippen molar-refractivity contribution in [1.29, 1.82) is 0 Å². The predicted molar refractivity (Wildman–Crippen MR) is 82.6 cm³/mol. The number of carboxylic acid groups (broad SMARTS) is 1. The Balaban J connectivity index is 1.77. The van der Waals surface area contributed by atoms with Gasteiger partial charge in [-0.1, -0.05) is 30.3 Å². The molecule has 0 radical (unpaired) electrons. The molecule has 23 heavy (non-hydrogen) atoms. The van der Waals surface area contributed by atoms with Crippen molar-refractivity contribution in [3.63, 3.8) is 0 Å². The van der Waals surface area contributed by atoms with Crippen LogP contribution >= 0.6 is 0 Å². The number of carbonyl (C=O) groups is 3. The number of hydrogen-bond acceptors (Lipinski definition) is 3. The Morgan fingerprint density at radius 2 is 1.83 bits per heavy atom. The van der Waals surface area contributed by atoms with Gasteiger partial charge in [0.15, 0.2) is 0 Å². The van der Waals surface area contributed by atoms with Crippen molar-refractivity contribution >= 4 is 17.8 Å². The lowest BCUT2D eigenvalue weighted by atomic mass is 9.89. The van der Waals surface area contributed by atoms with Crippen molar-refractivity contribution in [2.45, 2.75) is 12.3 Å². The number of carbonyl (C=O) groups excluding carboxylic acids is 2. The number of likely N-dealkylation sites (tertiary alicyclic amines) is 2. The van der Waals surface area contributed by atoms with E-state index in [-0.39, 0.29) is 36.6 Å². The third-order valence-electron chi connectivity index (χ3n) is 4.87. The van der Waals surface area contributed by atoms with E-state index in [0.29, 0.717) is 13.1 Å². The summed E-state index contributed by atoms with van der Waals surface area (Å²) in [6.07, 6.45) is 0.222. The smallest absolute Gasteiger partial charge is 0.308 e. The minimum atomic E-state index is -0.881. The third-order valence-corrected chi connectivity index (χ3v) is 4.87. The average molecular weight is 316 g/mol. The molecule has 1 aromatic carbocycles. The van der Waals surface area contributed by atoms with E-state index in [1.54, 1.807) is 16.8 Å². The Bertz CT molecular complexity index is 631.